The van der Waals surface area contributed by atoms with E-state index in [9.17, 15) is 14.4 Å². The lowest BCUT2D eigenvalue weighted by Crippen LogP contribution is -2.59. The van der Waals surface area contributed by atoms with Crippen molar-refractivity contribution in [3.8, 4) is 5.75 Å². The molecule has 4 aliphatic heterocycles. The third-order valence-corrected chi connectivity index (χ3v) is 10.5. The van der Waals surface area contributed by atoms with Gasteiger partial charge in [-0.3, -0.25) is 19.3 Å². The number of hydrogen-bond donors (Lipinski definition) is 2. The summed E-state index contributed by atoms with van der Waals surface area (Å²) < 4.78 is 10.9. The smallest absolute Gasteiger partial charge is 0.243 e. The van der Waals surface area contributed by atoms with Gasteiger partial charge in [-0.05, 0) is 67.9 Å². The van der Waals surface area contributed by atoms with Crippen LogP contribution in [-0.4, -0.2) is 106 Å². The van der Waals surface area contributed by atoms with Crippen molar-refractivity contribution in [3.05, 3.63) is 72.3 Å². The topological polar surface area (TPSA) is 103 Å². The number of rotatable bonds is 6. The number of fused-ring (bicyclic) bond motifs is 1. The molecule has 0 aromatic heterocycles. The summed E-state index contributed by atoms with van der Waals surface area (Å²) in [6.45, 7) is 5.95. The van der Waals surface area contributed by atoms with Gasteiger partial charge in [0.1, 0.15) is 11.8 Å². The SMILES string of the molecule is COc1ccc(N2CCN(C(=O)CN3CC[C@H]4NC(=O)[C@H](Cc5ccccc5)NC(=O)C5(C/C=C/C[C@H]4C3)CCOCC5)CC2)cc1. The minimum atomic E-state index is -0.662. The van der Waals surface area contributed by atoms with Gasteiger partial charge in [-0.2, -0.15) is 0 Å². The third-order valence-electron chi connectivity index (χ3n) is 10.5. The maximum atomic E-state index is 13.9. The zero-order valence-electron chi connectivity index (χ0n) is 27.6. The zero-order valence-corrected chi connectivity index (χ0v) is 27.6. The molecule has 10 nitrogen and oxygen atoms in total. The number of benzene rings is 2. The first-order valence-corrected chi connectivity index (χ1v) is 17.2. The molecule has 4 aliphatic rings. The fourth-order valence-electron chi connectivity index (χ4n) is 7.50. The summed E-state index contributed by atoms with van der Waals surface area (Å²) in [4.78, 5) is 47.7. The van der Waals surface area contributed by atoms with Gasteiger partial charge in [0.15, 0.2) is 0 Å². The van der Waals surface area contributed by atoms with Crippen LogP contribution in [0.25, 0.3) is 0 Å². The van der Waals surface area contributed by atoms with Gasteiger partial charge in [0.25, 0.3) is 0 Å². The van der Waals surface area contributed by atoms with Crippen LogP contribution in [0.1, 0.15) is 37.7 Å². The number of piperidine rings is 1. The summed E-state index contributed by atoms with van der Waals surface area (Å²) in [7, 11) is 1.67. The molecule has 3 saturated heterocycles. The van der Waals surface area contributed by atoms with E-state index in [2.05, 4.69) is 44.7 Å². The van der Waals surface area contributed by atoms with Crippen molar-refractivity contribution in [1.29, 1.82) is 0 Å². The third kappa shape index (κ3) is 8.16. The molecule has 1 spiro atoms. The molecule has 2 aromatic rings. The molecule has 47 heavy (non-hydrogen) atoms. The number of likely N-dealkylation sites (tertiary alicyclic amines) is 1. The van der Waals surface area contributed by atoms with Gasteiger partial charge in [0.2, 0.25) is 17.7 Å². The van der Waals surface area contributed by atoms with E-state index in [0.29, 0.717) is 58.5 Å². The van der Waals surface area contributed by atoms with Gasteiger partial charge in [0.05, 0.1) is 19.1 Å². The Morgan fingerprint density at radius 3 is 2.40 bits per heavy atom. The summed E-state index contributed by atoms with van der Waals surface area (Å²) in [5.41, 5.74) is 1.58. The highest BCUT2D eigenvalue weighted by Crippen LogP contribution is 2.36. The zero-order chi connectivity index (χ0) is 32.6. The van der Waals surface area contributed by atoms with Crippen molar-refractivity contribution < 1.29 is 23.9 Å². The van der Waals surface area contributed by atoms with Gasteiger partial charge in [0, 0.05) is 70.6 Å². The van der Waals surface area contributed by atoms with Crippen LogP contribution in [0.15, 0.2) is 66.7 Å². The number of anilines is 1. The molecule has 0 unspecified atom stereocenters. The van der Waals surface area contributed by atoms with E-state index in [0.717, 1.165) is 56.0 Å². The van der Waals surface area contributed by atoms with Crippen LogP contribution >= 0.6 is 0 Å². The molecule has 4 heterocycles. The first kappa shape index (κ1) is 33.0. The number of hydrogen-bond acceptors (Lipinski definition) is 7. The first-order valence-electron chi connectivity index (χ1n) is 17.2. The van der Waals surface area contributed by atoms with Gasteiger partial charge in [-0.15, -0.1) is 0 Å². The molecule has 252 valence electrons. The summed E-state index contributed by atoms with van der Waals surface area (Å²) in [6, 6.07) is 17.3. The quantitative estimate of drug-likeness (QED) is 0.467. The highest BCUT2D eigenvalue weighted by Gasteiger charge is 2.41. The molecular formula is C37H49N5O5. The van der Waals surface area contributed by atoms with E-state index in [-0.39, 0.29) is 29.7 Å². The van der Waals surface area contributed by atoms with E-state index >= 15 is 0 Å². The highest BCUT2D eigenvalue weighted by molar-refractivity contribution is 5.90. The number of carbonyl (C=O) groups excluding carboxylic acids is 3. The molecule has 0 aliphatic carbocycles. The van der Waals surface area contributed by atoms with E-state index in [1.807, 2.05) is 47.4 Å². The van der Waals surface area contributed by atoms with Crippen molar-refractivity contribution in [2.24, 2.45) is 11.3 Å². The van der Waals surface area contributed by atoms with E-state index in [1.165, 1.54) is 0 Å². The molecule has 3 fully saturated rings. The fraction of sp³-hybridized carbons (Fsp3) is 0.541. The van der Waals surface area contributed by atoms with Crippen molar-refractivity contribution in [2.75, 3.05) is 71.0 Å². The molecule has 0 radical (unpaired) electrons. The second-order valence-electron chi connectivity index (χ2n) is 13.5. The van der Waals surface area contributed by atoms with Crippen molar-refractivity contribution in [3.63, 3.8) is 0 Å². The lowest BCUT2D eigenvalue weighted by atomic mass is 9.75. The summed E-state index contributed by atoms with van der Waals surface area (Å²) in [5, 5.41) is 6.51. The number of piperazine rings is 1. The number of amides is 3. The largest absolute Gasteiger partial charge is 0.497 e. The van der Waals surface area contributed by atoms with Crippen LogP contribution in [0.4, 0.5) is 5.69 Å². The molecular weight excluding hydrogens is 594 g/mol. The molecule has 6 rings (SSSR count). The normalized spacial score (nSPS) is 26.3. The van der Waals surface area contributed by atoms with Crippen LogP contribution in [0.5, 0.6) is 5.75 Å². The maximum absolute atomic E-state index is 13.9. The molecule has 2 aromatic carbocycles. The van der Waals surface area contributed by atoms with Crippen LogP contribution < -0.4 is 20.3 Å². The molecule has 10 heteroatoms. The Labute approximate surface area is 278 Å². The minimum absolute atomic E-state index is 0.0295. The van der Waals surface area contributed by atoms with Gasteiger partial charge in [-0.1, -0.05) is 42.5 Å². The summed E-state index contributed by atoms with van der Waals surface area (Å²) in [5.74, 6) is 0.976. The Hall–Kier alpha value is -3.89. The number of carbonyl (C=O) groups is 3. The molecule has 3 atom stereocenters. The lowest BCUT2D eigenvalue weighted by Gasteiger charge is -2.41. The van der Waals surface area contributed by atoms with E-state index in [4.69, 9.17) is 9.47 Å². The number of ether oxygens (including phenoxy) is 2. The monoisotopic (exact) mass is 643 g/mol. The number of allylic oxidation sites excluding steroid dienone is 2. The molecule has 2 N–H and O–H groups in total. The fourth-order valence-corrected chi connectivity index (χ4v) is 7.50. The highest BCUT2D eigenvalue weighted by atomic mass is 16.5. The standard InChI is InChI=1S/C37H49N5O5/c1-46-31-12-10-30(11-13-31)41-19-21-42(22-20-41)34(43)27-40-18-14-32-29(26-40)9-5-6-15-37(16-23-47-24-17-37)36(45)39-33(35(44)38-32)25-28-7-3-2-4-8-28/h2-8,10-13,29,32-33H,9,14-27H2,1H3,(H,38,44)(H,39,45)/b6-5+/t29-,32+,33-/m0/s1. The predicted octanol–water partition coefficient (Wildman–Crippen LogP) is 3.02. The number of methoxy groups -OCH3 is 1. The first-order chi connectivity index (χ1) is 22.9. The van der Waals surface area contributed by atoms with Crippen LogP contribution in [0.3, 0.4) is 0 Å². The van der Waals surface area contributed by atoms with Crippen LogP contribution in [0, 0.1) is 11.3 Å². The van der Waals surface area contributed by atoms with Crippen LogP contribution in [-0.2, 0) is 25.5 Å². The van der Waals surface area contributed by atoms with Gasteiger partial charge >= 0.3 is 0 Å². The lowest BCUT2D eigenvalue weighted by molar-refractivity contribution is -0.140. The van der Waals surface area contributed by atoms with E-state index in [1.54, 1.807) is 7.11 Å². The molecule has 0 saturated carbocycles. The Morgan fingerprint density at radius 1 is 0.936 bits per heavy atom. The maximum Gasteiger partial charge on any atom is 0.243 e. The van der Waals surface area contributed by atoms with Crippen molar-refractivity contribution in [2.45, 2.75) is 50.6 Å². The second-order valence-corrected chi connectivity index (χ2v) is 13.5. The summed E-state index contributed by atoms with van der Waals surface area (Å²) >= 11 is 0. The molecule has 0 bridgehead atoms. The van der Waals surface area contributed by atoms with E-state index < -0.39 is 11.5 Å². The Bertz CT molecular complexity index is 1390. The van der Waals surface area contributed by atoms with Crippen LogP contribution in [0.2, 0.25) is 0 Å². The predicted molar refractivity (Wildman–Crippen MR) is 181 cm³/mol. The average molecular weight is 644 g/mol. The Kier molecular flexibility index (Phi) is 10.8. The van der Waals surface area contributed by atoms with Gasteiger partial charge in [-0.25, -0.2) is 0 Å². The molecule has 3 amide bonds. The number of nitrogens with zero attached hydrogens (tertiary/aromatic N) is 3. The number of nitrogens with one attached hydrogen (secondary N) is 2. The second kappa shape index (κ2) is 15.3. The van der Waals surface area contributed by atoms with Crippen molar-refractivity contribution in [1.82, 2.24) is 20.4 Å². The summed E-state index contributed by atoms with van der Waals surface area (Å²) in [6.07, 6.45) is 8.22. The minimum Gasteiger partial charge on any atom is -0.497 e. The van der Waals surface area contributed by atoms with Gasteiger partial charge < -0.3 is 29.9 Å². The Morgan fingerprint density at radius 2 is 1.68 bits per heavy atom. The van der Waals surface area contributed by atoms with Crippen molar-refractivity contribution >= 4 is 23.4 Å². The average Bonchev–Trinajstić information content (AvgIpc) is 3.11. The Balaban J connectivity index is 1.10.